The molecule has 1 aromatic heterocycles. The van der Waals surface area contributed by atoms with Gasteiger partial charge in [-0.3, -0.25) is 19.1 Å². The van der Waals surface area contributed by atoms with Crippen molar-refractivity contribution in [2.24, 2.45) is 0 Å². The van der Waals surface area contributed by atoms with Crippen LogP contribution in [0.25, 0.3) is 0 Å². The summed E-state index contributed by atoms with van der Waals surface area (Å²) < 4.78 is 12.0. The highest BCUT2D eigenvalue weighted by Crippen LogP contribution is 2.30. The number of nitrogens with zero attached hydrogens (tertiary/aromatic N) is 1. The molecule has 0 unspecified atom stereocenters. The molecule has 0 spiro atoms. The van der Waals surface area contributed by atoms with E-state index < -0.39 is 42.3 Å². The van der Waals surface area contributed by atoms with E-state index in [4.69, 9.17) is 9.47 Å². The second-order valence-electron chi connectivity index (χ2n) is 5.76. The minimum Gasteiger partial charge on any atom is -0.459 e. The van der Waals surface area contributed by atoms with Crippen LogP contribution >= 0.6 is 0 Å². The number of carbonyl (C=O) groups is 2. The van der Waals surface area contributed by atoms with Crippen LogP contribution in [-0.2, 0) is 19.1 Å². The summed E-state index contributed by atoms with van der Waals surface area (Å²) >= 11 is 0. The Balaban J connectivity index is 2.10. The van der Waals surface area contributed by atoms with Crippen LogP contribution in [0.3, 0.4) is 0 Å². The molecule has 2 heterocycles. The van der Waals surface area contributed by atoms with E-state index in [0.29, 0.717) is 5.56 Å². The second kappa shape index (κ2) is 7.54. The summed E-state index contributed by atoms with van der Waals surface area (Å²) in [7, 11) is 0. The van der Waals surface area contributed by atoms with Crippen molar-refractivity contribution in [1.29, 1.82) is 0 Å². The first-order valence-corrected chi connectivity index (χ1v) is 7.59. The molecule has 9 heteroatoms. The number of rotatable bonds is 6. The first-order chi connectivity index (χ1) is 11.3. The molecule has 132 valence electrons. The molecule has 0 amide bonds. The molecule has 2 N–H and O–H groups in total. The highest BCUT2D eigenvalue weighted by molar-refractivity contribution is 5.81. The van der Waals surface area contributed by atoms with E-state index in [-0.39, 0.29) is 25.0 Å². The summed E-state index contributed by atoms with van der Waals surface area (Å²) in [5.74, 6) is -0.690. The maximum Gasteiger partial charge on any atom is 0.330 e. The Labute approximate surface area is 137 Å². The van der Waals surface area contributed by atoms with Gasteiger partial charge in [-0.05, 0) is 13.8 Å². The van der Waals surface area contributed by atoms with Crippen molar-refractivity contribution in [1.82, 2.24) is 9.55 Å². The molecule has 0 bridgehead atoms. The Morgan fingerprint density at radius 2 is 2.12 bits per heavy atom. The summed E-state index contributed by atoms with van der Waals surface area (Å²) in [6, 6.07) is 0. The van der Waals surface area contributed by atoms with E-state index in [9.17, 15) is 24.3 Å². The van der Waals surface area contributed by atoms with Crippen molar-refractivity contribution < 1.29 is 24.2 Å². The number of aliphatic hydroxyl groups is 1. The van der Waals surface area contributed by atoms with Gasteiger partial charge in [-0.15, -0.1) is 0 Å². The summed E-state index contributed by atoms with van der Waals surface area (Å²) in [4.78, 5) is 48.1. The molecular formula is C15H20N2O7. The molecule has 1 fully saturated rings. The first-order valence-electron chi connectivity index (χ1n) is 7.59. The van der Waals surface area contributed by atoms with E-state index in [1.165, 1.54) is 17.7 Å². The maximum absolute atomic E-state index is 11.9. The number of hydrogen-bond acceptors (Lipinski definition) is 7. The number of carbonyl (C=O) groups excluding carboxylic acids is 2. The minimum atomic E-state index is -0.782. The topological polar surface area (TPSA) is 128 Å². The van der Waals surface area contributed by atoms with Crippen molar-refractivity contribution in [2.75, 3.05) is 6.61 Å². The zero-order valence-electron chi connectivity index (χ0n) is 13.5. The van der Waals surface area contributed by atoms with E-state index in [2.05, 4.69) is 4.98 Å². The summed E-state index contributed by atoms with van der Waals surface area (Å²) in [5, 5.41) is 9.38. The lowest BCUT2D eigenvalue weighted by molar-refractivity contribution is -0.153. The fourth-order valence-corrected chi connectivity index (χ4v) is 2.47. The van der Waals surface area contributed by atoms with Crippen LogP contribution in [0, 0.1) is 6.92 Å². The number of aryl methyl sites for hydroxylation is 1. The lowest BCUT2D eigenvalue weighted by Crippen LogP contribution is -2.33. The highest BCUT2D eigenvalue weighted by Gasteiger charge is 2.39. The molecule has 3 atom stereocenters. The Kier molecular flexibility index (Phi) is 5.68. The van der Waals surface area contributed by atoms with E-state index in [1.54, 1.807) is 6.92 Å². The highest BCUT2D eigenvalue weighted by atomic mass is 16.6. The standard InChI is InChI=1S/C15H20N2O7/c1-8-6-17(15(22)16-14(8)21)12-5-10(11(7-18)23-12)24-13(20)4-3-9(2)19/h6,10-12,18H,3-5,7H2,1-2H3,(H,16,21,22)/t10-,11+,12-/m0/s1. The molecular weight excluding hydrogens is 320 g/mol. The van der Waals surface area contributed by atoms with Gasteiger partial charge in [0.15, 0.2) is 0 Å². The van der Waals surface area contributed by atoms with E-state index in [0.717, 1.165) is 0 Å². The third-order valence-corrected chi connectivity index (χ3v) is 3.78. The van der Waals surface area contributed by atoms with Gasteiger partial charge in [0.1, 0.15) is 24.2 Å². The monoisotopic (exact) mass is 340 g/mol. The Morgan fingerprint density at radius 1 is 1.42 bits per heavy atom. The van der Waals surface area contributed by atoms with Crippen molar-refractivity contribution in [3.63, 3.8) is 0 Å². The molecule has 1 aromatic rings. The molecule has 24 heavy (non-hydrogen) atoms. The van der Waals surface area contributed by atoms with Crippen LogP contribution in [-0.4, -0.2) is 45.2 Å². The van der Waals surface area contributed by atoms with Crippen molar-refractivity contribution in [2.45, 2.75) is 51.5 Å². The largest absolute Gasteiger partial charge is 0.459 e. The molecule has 1 aliphatic rings. The number of hydrogen-bond donors (Lipinski definition) is 2. The predicted molar refractivity (Wildman–Crippen MR) is 81.5 cm³/mol. The second-order valence-corrected chi connectivity index (χ2v) is 5.76. The number of ketones is 1. The average Bonchev–Trinajstić information content (AvgIpc) is 2.91. The van der Waals surface area contributed by atoms with Crippen LogP contribution in [0.5, 0.6) is 0 Å². The molecule has 1 saturated heterocycles. The van der Waals surface area contributed by atoms with Crippen LogP contribution in [0.4, 0.5) is 0 Å². The number of esters is 1. The minimum absolute atomic E-state index is 0.0492. The molecule has 0 saturated carbocycles. The lowest BCUT2D eigenvalue weighted by atomic mass is 10.1. The average molecular weight is 340 g/mol. The van der Waals surface area contributed by atoms with E-state index >= 15 is 0 Å². The third kappa shape index (κ3) is 4.18. The maximum atomic E-state index is 11.9. The number of Topliss-reactive ketones (excluding diaryl/α,β-unsaturated/α-hetero) is 1. The van der Waals surface area contributed by atoms with Gasteiger partial charge in [-0.2, -0.15) is 0 Å². The molecule has 1 aliphatic heterocycles. The summed E-state index contributed by atoms with van der Waals surface area (Å²) in [6.45, 7) is 2.54. The molecule has 2 rings (SSSR count). The molecule has 0 radical (unpaired) electrons. The number of ether oxygens (including phenoxy) is 2. The SMILES string of the molecule is CC(=O)CCC(=O)O[C@H]1C[C@@H](n2cc(C)c(=O)[nH]c2=O)O[C@@H]1CO. The number of nitrogens with one attached hydrogen (secondary N) is 1. The zero-order chi connectivity index (χ0) is 17.9. The van der Waals surface area contributed by atoms with Gasteiger partial charge in [-0.25, -0.2) is 4.79 Å². The zero-order valence-corrected chi connectivity index (χ0v) is 13.5. The lowest BCUT2D eigenvalue weighted by Gasteiger charge is -2.16. The van der Waals surface area contributed by atoms with Crippen LogP contribution in [0.15, 0.2) is 15.8 Å². The van der Waals surface area contributed by atoms with Crippen LogP contribution in [0.1, 0.15) is 38.0 Å². The summed E-state index contributed by atoms with van der Waals surface area (Å²) in [6.07, 6.45) is -0.738. The smallest absolute Gasteiger partial charge is 0.330 e. The predicted octanol–water partition coefficient (Wildman–Crippen LogP) is -0.594. The molecule has 0 aromatic carbocycles. The number of aromatic nitrogens is 2. The number of aromatic amines is 1. The normalized spacial score (nSPS) is 23.2. The van der Waals surface area contributed by atoms with Gasteiger partial charge in [0, 0.05) is 24.6 Å². The fourth-order valence-electron chi connectivity index (χ4n) is 2.47. The number of H-pyrrole nitrogens is 1. The summed E-state index contributed by atoms with van der Waals surface area (Å²) in [5.41, 5.74) is -0.795. The third-order valence-electron chi connectivity index (χ3n) is 3.78. The van der Waals surface area contributed by atoms with Gasteiger partial charge >= 0.3 is 11.7 Å². The fraction of sp³-hybridized carbons (Fsp3) is 0.600. The van der Waals surface area contributed by atoms with Crippen LogP contribution < -0.4 is 11.2 Å². The molecule has 9 nitrogen and oxygen atoms in total. The van der Waals surface area contributed by atoms with Gasteiger partial charge in [0.25, 0.3) is 5.56 Å². The van der Waals surface area contributed by atoms with Gasteiger partial charge in [-0.1, -0.05) is 0 Å². The van der Waals surface area contributed by atoms with Gasteiger partial charge in [0.2, 0.25) is 0 Å². The molecule has 0 aliphatic carbocycles. The van der Waals surface area contributed by atoms with Crippen molar-refractivity contribution >= 4 is 11.8 Å². The van der Waals surface area contributed by atoms with Gasteiger partial charge < -0.3 is 19.4 Å². The first kappa shape index (κ1) is 18.1. The van der Waals surface area contributed by atoms with Crippen molar-refractivity contribution in [3.8, 4) is 0 Å². The van der Waals surface area contributed by atoms with Crippen LogP contribution in [0.2, 0.25) is 0 Å². The Hall–Kier alpha value is -2.26. The quantitative estimate of drug-likeness (QED) is 0.662. The Bertz CT molecular complexity index is 736. The van der Waals surface area contributed by atoms with E-state index in [1.807, 2.05) is 0 Å². The van der Waals surface area contributed by atoms with Crippen molar-refractivity contribution in [3.05, 3.63) is 32.6 Å². The van der Waals surface area contributed by atoms with Gasteiger partial charge in [0.05, 0.1) is 13.0 Å². The number of aliphatic hydroxyl groups excluding tert-OH is 1. The Morgan fingerprint density at radius 3 is 2.75 bits per heavy atom.